The van der Waals surface area contributed by atoms with Crippen molar-refractivity contribution in [1.29, 1.82) is 0 Å². The van der Waals surface area contributed by atoms with E-state index in [-0.39, 0.29) is 30.1 Å². The molecule has 0 heterocycles. The lowest BCUT2D eigenvalue weighted by atomic mass is 9.90. The van der Waals surface area contributed by atoms with Gasteiger partial charge in [-0.2, -0.15) is 0 Å². The van der Waals surface area contributed by atoms with Gasteiger partial charge in [0.1, 0.15) is 27.7 Å². The van der Waals surface area contributed by atoms with Crippen molar-refractivity contribution in [3.8, 4) is 17.2 Å². The van der Waals surface area contributed by atoms with Crippen molar-refractivity contribution < 1.29 is 24.8 Å². The Kier molecular flexibility index (Phi) is 5.55. The molecular weight excluding hydrogens is 295 g/mol. The third kappa shape index (κ3) is 3.17. The van der Waals surface area contributed by atoms with E-state index in [1.54, 1.807) is 0 Å². The van der Waals surface area contributed by atoms with E-state index in [1.165, 1.54) is 26.4 Å². The second-order valence-electron chi connectivity index (χ2n) is 3.92. The smallest absolute Gasteiger partial charge is 0.140 e. The minimum Gasteiger partial charge on any atom is -0.507 e. The lowest BCUT2D eigenvalue weighted by Gasteiger charge is -2.31. The molecule has 0 bridgehead atoms. The maximum Gasteiger partial charge on any atom is 0.140 e. The summed E-state index contributed by atoms with van der Waals surface area (Å²) >= 11 is 11.6. The fraction of sp³-hybridized carbons (Fsp3) is 0.500. The monoisotopic (exact) mass is 310 g/mol. The molecular formula is C12H16Cl2O5. The number of hydrogen-bond acceptors (Lipinski definition) is 5. The molecule has 7 heteroatoms. The number of phenolic OH excluding ortho intramolecular Hbond substituents is 1. The summed E-state index contributed by atoms with van der Waals surface area (Å²) in [5, 5.41) is 29.6. The number of aromatic hydroxyl groups is 1. The molecule has 1 aromatic carbocycles. The molecule has 0 fully saturated rings. The van der Waals surface area contributed by atoms with E-state index in [0.717, 1.165) is 0 Å². The van der Waals surface area contributed by atoms with Crippen LogP contribution in [0.3, 0.4) is 0 Å². The molecule has 0 saturated carbocycles. The molecule has 0 aromatic heterocycles. The summed E-state index contributed by atoms with van der Waals surface area (Å²) in [6, 6.07) is 2.78. The lowest BCUT2D eigenvalue weighted by Crippen LogP contribution is -2.34. The highest BCUT2D eigenvalue weighted by atomic mass is 35.5. The fourth-order valence-electron chi connectivity index (χ4n) is 1.80. The Bertz CT molecular complexity index is 438. The van der Waals surface area contributed by atoms with Gasteiger partial charge in [-0.15, -0.1) is 23.2 Å². The predicted octanol–water partition coefficient (Wildman–Crippen LogP) is 1.78. The molecule has 19 heavy (non-hydrogen) atoms. The molecule has 0 radical (unpaired) electrons. The number of aliphatic hydroxyl groups excluding tert-OH is 1. The second-order valence-corrected chi connectivity index (χ2v) is 5.02. The molecule has 0 amide bonds. The normalized spacial score (nSPS) is 14.3. The van der Waals surface area contributed by atoms with Gasteiger partial charge in [-0.05, 0) is 0 Å². The average molecular weight is 311 g/mol. The van der Waals surface area contributed by atoms with Crippen LogP contribution in [-0.2, 0) is 5.60 Å². The van der Waals surface area contributed by atoms with Gasteiger partial charge in [0, 0.05) is 25.2 Å². The van der Waals surface area contributed by atoms with Crippen LogP contribution in [0, 0.1) is 0 Å². The number of benzene rings is 1. The van der Waals surface area contributed by atoms with E-state index < -0.39 is 10.4 Å². The second kappa shape index (κ2) is 6.52. The molecule has 3 N–H and O–H groups in total. The van der Waals surface area contributed by atoms with Gasteiger partial charge >= 0.3 is 0 Å². The zero-order valence-electron chi connectivity index (χ0n) is 10.6. The highest BCUT2D eigenvalue weighted by Crippen LogP contribution is 2.45. The molecule has 0 saturated heterocycles. The minimum atomic E-state index is -1.83. The van der Waals surface area contributed by atoms with E-state index >= 15 is 0 Å². The Balaban J connectivity index is 3.45. The first-order valence-corrected chi connectivity index (χ1v) is 6.34. The first kappa shape index (κ1) is 16.2. The first-order valence-electron chi connectivity index (χ1n) is 5.47. The predicted molar refractivity (Wildman–Crippen MR) is 72.3 cm³/mol. The van der Waals surface area contributed by atoms with Crippen LogP contribution in [0.4, 0.5) is 0 Å². The van der Waals surface area contributed by atoms with Crippen LogP contribution in [0.1, 0.15) is 12.0 Å². The largest absolute Gasteiger partial charge is 0.507 e. The molecule has 1 atom stereocenters. The topological polar surface area (TPSA) is 79.2 Å². The van der Waals surface area contributed by atoms with Crippen molar-refractivity contribution >= 4 is 23.2 Å². The van der Waals surface area contributed by atoms with Gasteiger partial charge in [0.05, 0.1) is 19.8 Å². The van der Waals surface area contributed by atoms with Crippen molar-refractivity contribution in [2.24, 2.45) is 0 Å². The fourth-order valence-corrected chi connectivity index (χ4v) is 2.24. The van der Waals surface area contributed by atoms with Gasteiger partial charge in [-0.3, -0.25) is 0 Å². The maximum absolute atomic E-state index is 10.5. The van der Waals surface area contributed by atoms with Crippen LogP contribution in [0.25, 0.3) is 0 Å². The number of ether oxygens (including phenoxy) is 2. The molecule has 1 aromatic rings. The van der Waals surface area contributed by atoms with Gasteiger partial charge in [0.2, 0.25) is 0 Å². The van der Waals surface area contributed by atoms with Gasteiger partial charge < -0.3 is 24.8 Å². The maximum atomic E-state index is 10.5. The first-order chi connectivity index (χ1) is 8.90. The number of phenols is 1. The molecule has 5 nitrogen and oxygen atoms in total. The molecule has 0 aliphatic rings. The van der Waals surface area contributed by atoms with E-state index in [1.807, 2.05) is 0 Å². The lowest BCUT2D eigenvalue weighted by molar-refractivity contribution is 0.0201. The van der Waals surface area contributed by atoms with Crippen LogP contribution in [0.15, 0.2) is 12.1 Å². The van der Waals surface area contributed by atoms with Crippen molar-refractivity contribution in [2.45, 2.75) is 16.9 Å². The molecule has 0 aliphatic heterocycles. The number of hydrogen-bond donors (Lipinski definition) is 3. The van der Waals surface area contributed by atoms with Crippen molar-refractivity contribution in [2.75, 3.05) is 20.8 Å². The van der Waals surface area contributed by atoms with Crippen LogP contribution in [0.2, 0.25) is 0 Å². The number of rotatable bonds is 6. The van der Waals surface area contributed by atoms with E-state index in [2.05, 4.69) is 0 Å². The zero-order chi connectivity index (χ0) is 14.6. The molecule has 0 spiro atoms. The molecule has 0 aliphatic carbocycles. The summed E-state index contributed by atoms with van der Waals surface area (Å²) in [5.74, 6) is 0.239. The summed E-state index contributed by atoms with van der Waals surface area (Å²) in [7, 11) is 2.80. The summed E-state index contributed by atoms with van der Waals surface area (Å²) in [6.45, 7) is -0.360. The summed E-state index contributed by atoms with van der Waals surface area (Å²) in [6.07, 6.45) is -0.152. The quantitative estimate of drug-likeness (QED) is 0.698. The Morgan fingerprint density at radius 1 is 1.26 bits per heavy atom. The van der Waals surface area contributed by atoms with Gasteiger partial charge in [0.15, 0.2) is 0 Å². The van der Waals surface area contributed by atoms with Gasteiger partial charge in [0.25, 0.3) is 0 Å². The summed E-state index contributed by atoms with van der Waals surface area (Å²) < 4.78 is 10.1. The Morgan fingerprint density at radius 3 is 2.32 bits per heavy atom. The van der Waals surface area contributed by atoms with Crippen molar-refractivity contribution in [1.82, 2.24) is 0 Å². The van der Waals surface area contributed by atoms with Crippen LogP contribution >= 0.6 is 23.2 Å². The third-order valence-corrected chi connectivity index (χ3v) is 3.52. The highest BCUT2D eigenvalue weighted by Gasteiger charge is 2.41. The van der Waals surface area contributed by atoms with E-state index in [4.69, 9.17) is 37.8 Å². The van der Waals surface area contributed by atoms with Crippen LogP contribution in [-0.4, -0.2) is 41.0 Å². The molecule has 1 rings (SSSR count). The Hall–Kier alpha value is -0.880. The number of aliphatic hydroxyl groups is 2. The minimum absolute atomic E-state index is 0.0138. The number of alkyl halides is 2. The Labute approximate surface area is 121 Å². The Morgan fingerprint density at radius 2 is 1.89 bits per heavy atom. The van der Waals surface area contributed by atoms with Gasteiger partial charge in [-0.25, -0.2) is 0 Å². The van der Waals surface area contributed by atoms with Crippen molar-refractivity contribution in [3.05, 3.63) is 17.7 Å². The summed E-state index contributed by atoms with van der Waals surface area (Å²) in [5.41, 5.74) is -1.82. The zero-order valence-corrected chi connectivity index (χ0v) is 12.1. The standard InChI is InChI=1S/C12H16Cl2O5/c1-18-7-5-8(16)10(9(6-7)19-2)12(17,3-4-15)11(13)14/h5-6,11,15-17H,3-4H2,1-2H3/t12-/m0/s1. The molecule has 108 valence electrons. The van der Waals surface area contributed by atoms with Crippen molar-refractivity contribution in [3.63, 3.8) is 0 Å². The van der Waals surface area contributed by atoms with Gasteiger partial charge in [-0.1, -0.05) is 0 Å². The third-order valence-electron chi connectivity index (χ3n) is 2.80. The van der Waals surface area contributed by atoms with E-state index in [0.29, 0.717) is 5.75 Å². The van der Waals surface area contributed by atoms with E-state index in [9.17, 15) is 10.2 Å². The average Bonchev–Trinajstić information content (AvgIpc) is 2.37. The SMILES string of the molecule is COc1cc(O)c([C@@](O)(CCO)C(Cl)Cl)c(OC)c1. The molecule has 0 unspecified atom stereocenters. The summed E-state index contributed by atoms with van der Waals surface area (Å²) in [4.78, 5) is -1.26. The number of halogens is 2. The van der Waals surface area contributed by atoms with Crippen LogP contribution in [0.5, 0.6) is 17.2 Å². The van der Waals surface area contributed by atoms with Crippen LogP contribution < -0.4 is 9.47 Å². The highest BCUT2D eigenvalue weighted by molar-refractivity contribution is 6.45. The number of methoxy groups -OCH3 is 2.